The average Bonchev–Trinajstić information content (AvgIpc) is 2.42. The topological polar surface area (TPSA) is 55.1 Å². The first-order valence-corrected chi connectivity index (χ1v) is 7.14. The minimum atomic E-state index is -0.0897. The molecule has 0 aliphatic rings. The third-order valence-electron chi connectivity index (χ3n) is 2.80. The number of amides is 1. The van der Waals surface area contributed by atoms with Gasteiger partial charge in [0, 0.05) is 9.13 Å². The van der Waals surface area contributed by atoms with E-state index in [0.29, 0.717) is 18.5 Å². The summed E-state index contributed by atoms with van der Waals surface area (Å²) in [6.07, 6.45) is 0.704. The van der Waals surface area contributed by atoms with Crippen molar-refractivity contribution in [1.82, 2.24) is 0 Å². The van der Waals surface area contributed by atoms with E-state index in [9.17, 15) is 4.79 Å². The fourth-order valence-corrected chi connectivity index (χ4v) is 2.39. The molecule has 0 fully saturated rings. The highest BCUT2D eigenvalue weighted by molar-refractivity contribution is 14.1. The van der Waals surface area contributed by atoms with E-state index in [1.807, 2.05) is 48.5 Å². The first-order valence-electron chi connectivity index (χ1n) is 6.06. The minimum Gasteiger partial charge on any atom is -0.330 e. The number of nitrogens with two attached hydrogens (primary N) is 1. The Balaban J connectivity index is 2.23. The van der Waals surface area contributed by atoms with Crippen LogP contribution in [0.4, 0.5) is 5.69 Å². The van der Waals surface area contributed by atoms with Crippen LogP contribution in [-0.2, 0) is 6.42 Å². The highest BCUT2D eigenvalue weighted by Crippen LogP contribution is 2.19. The van der Waals surface area contributed by atoms with Crippen LogP contribution >= 0.6 is 22.6 Å². The molecule has 1 amide bonds. The molecule has 2 aromatic rings. The fraction of sp³-hybridized carbons (Fsp3) is 0.133. The van der Waals surface area contributed by atoms with E-state index >= 15 is 0 Å². The SMILES string of the molecule is NCCc1ccccc1C(=O)Nc1ccccc1I. The molecule has 0 bridgehead atoms. The van der Waals surface area contributed by atoms with Crippen molar-refractivity contribution in [2.75, 3.05) is 11.9 Å². The van der Waals surface area contributed by atoms with Crippen molar-refractivity contribution in [3.63, 3.8) is 0 Å². The van der Waals surface area contributed by atoms with Crippen molar-refractivity contribution in [1.29, 1.82) is 0 Å². The predicted molar refractivity (Wildman–Crippen MR) is 86.3 cm³/mol. The number of carbonyl (C=O) groups is 1. The Labute approximate surface area is 126 Å². The van der Waals surface area contributed by atoms with Gasteiger partial charge >= 0.3 is 0 Å². The van der Waals surface area contributed by atoms with E-state index in [4.69, 9.17) is 5.73 Å². The third kappa shape index (κ3) is 3.54. The maximum Gasteiger partial charge on any atom is 0.255 e. The summed E-state index contributed by atoms with van der Waals surface area (Å²) < 4.78 is 1.02. The van der Waals surface area contributed by atoms with E-state index in [0.717, 1.165) is 14.8 Å². The van der Waals surface area contributed by atoms with Crippen LogP contribution in [0.1, 0.15) is 15.9 Å². The Bertz CT molecular complexity index is 584. The second-order valence-corrected chi connectivity index (χ2v) is 5.29. The Hall–Kier alpha value is -1.40. The molecular formula is C15H15IN2O. The van der Waals surface area contributed by atoms with Gasteiger partial charge in [0.05, 0.1) is 5.69 Å². The average molecular weight is 366 g/mol. The summed E-state index contributed by atoms with van der Waals surface area (Å²) in [6, 6.07) is 15.3. The van der Waals surface area contributed by atoms with Crippen molar-refractivity contribution in [2.24, 2.45) is 5.73 Å². The van der Waals surface area contributed by atoms with E-state index in [-0.39, 0.29) is 5.91 Å². The number of anilines is 1. The number of halogens is 1. The summed E-state index contributed by atoms with van der Waals surface area (Å²) in [4.78, 5) is 12.3. The number of benzene rings is 2. The van der Waals surface area contributed by atoms with Crippen molar-refractivity contribution in [3.05, 3.63) is 63.2 Å². The standard InChI is InChI=1S/C15H15IN2O/c16-13-7-3-4-8-14(13)18-15(19)12-6-2-1-5-11(12)9-10-17/h1-8H,9-10,17H2,(H,18,19). The van der Waals surface area contributed by atoms with E-state index < -0.39 is 0 Å². The maximum atomic E-state index is 12.3. The van der Waals surface area contributed by atoms with Gasteiger partial charge in [-0.1, -0.05) is 30.3 Å². The van der Waals surface area contributed by atoms with Crippen LogP contribution in [0.15, 0.2) is 48.5 Å². The second-order valence-electron chi connectivity index (χ2n) is 4.13. The molecule has 0 heterocycles. The van der Waals surface area contributed by atoms with Gasteiger partial charge < -0.3 is 11.1 Å². The lowest BCUT2D eigenvalue weighted by Gasteiger charge is -2.10. The van der Waals surface area contributed by atoms with Crippen LogP contribution in [0.5, 0.6) is 0 Å². The van der Waals surface area contributed by atoms with Gasteiger partial charge in [-0.3, -0.25) is 4.79 Å². The highest BCUT2D eigenvalue weighted by Gasteiger charge is 2.11. The van der Waals surface area contributed by atoms with Gasteiger partial charge in [0.25, 0.3) is 5.91 Å². The molecule has 0 aliphatic heterocycles. The van der Waals surface area contributed by atoms with Gasteiger partial charge in [0.2, 0.25) is 0 Å². The lowest BCUT2D eigenvalue weighted by molar-refractivity contribution is 0.102. The number of nitrogens with one attached hydrogen (secondary N) is 1. The number of rotatable bonds is 4. The Morgan fingerprint density at radius 3 is 2.53 bits per heavy atom. The third-order valence-corrected chi connectivity index (χ3v) is 3.74. The molecule has 0 atom stereocenters. The van der Waals surface area contributed by atoms with Crippen LogP contribution in [0.3, 0.4) is 0 Å². The van der Waals surface area contributed by atoms with Crippen molar-refractivity contribution >= 4 is 34.2 Å². The zero-order valence-corrected chi connectivity index (χ0v) is 12.6. The molecular weight excluding hydrogens is 351 g/mol. The molecule has 0 aliphatic carbocycles. The number of para-hydroxylation sites is 1. The summed E-state index contributed by atoms with van der Waals surface area (Å²) in [7, 11) is 0. The molecule has 0 spiro atoms. The van der Waals surface area contributed by atoms with Gasteiger partial charge in [-0.2, -0.15) is 0 Å². The molecule has 0 saturated carbocycles. The first-order chi connectivity index (χ1) is 9.22. The van der Waals surface area contributed by atoms with Crippen LogP contribution in [-0.4, -0.2) is 12.5 Å². The molecule has 4 heteroatoms. The Kier molecular flexibility index (Phi) is 4.93. The summed E-state index contributed by atoms with van der Waals surface area (Å²) >= 11 is 2.20. The largest absolute Gasteiger partial charge is 0.330 e. The summed E-state index contributed by atoms with van der Waals surface area (Å²) in [5.74, 6) is -0.0897. The predicted octanol–water partition coefficient (Wildman–Crippen LogP) is 3.04. The maximum absolute atomic E-state index is 12.3. The quantitative estimate of drug-likeness (QED) is 0.818. The van der Waals surface area contributed by atoms with Crippen molar-refractivity contribution in [2.45, 2.75) is 6.42 Å². The lowest BCUT2D eigenvalue weighted by atomic mass is 10.0. The number of carbonyl (C=O) groups excluding carboxylic acids is 1. The van der Waals surface area contributed by atoms with E-state index in [2.05, 4.69) is 27.9 Å². The van der Waals surface area contributed by atoms with Crippen LogP contribution in [0.2, 0.25) is 0 Å². The molecule has 2 aromatic carbocycles. The van der Waals surface area contributed by atoms with E-state index in [1.165, 1.54) is 0 Å². The Morgan fingerprint density at radius 2 is 1.79 bits per heavy atom. The molecule has 0 saturated heterocycles. The van der Waals surface area contributed by atoms with Gasteiger partial charge in [-0.25, -0.2) is 0 Å². The Morgan fingerprint density at radius 1 is 1.11 bits per heavy atom. The van der Waals surface area contributed by atoms with Crippen molar-refractivity contribution in [3.8, 4) is 0 Å². The molecule has 98 valence electrons. The normalized spacial score (nSPS) is 10.2. The molecule has 2 rings (SSSR count). The smallest absolute Gasteiger partial charge is 0.255 e. The zero-order chi connectivity index (χ0) is 13.7. The summed E-state index contributed by atoms with van der Waals surface area (Å²) in [6.45, 7) is 0.535. The summed E-state index contributed by atoms with van der Waals surface area (Å²) in [5.41, 5.74) is 8.07. The minimum absolute atomic E-state index is 0.0897. The number of hydrogen-bond acceptors (Lipinski definition) is 2. The number of hydrogen-bond donors (Lipinski definition) is 2. The molecule has 0 radical (unpaired) electrons. The molecule has 3 N–H and O–H groups in total. The van der Waals surface area contributed by atoms with Crippen LogP contribution in [0.25, 0.3) is 0 Å². The van der Waals surface area contributed by atoms with Gasteiger partial charge in [0.1, 0.15) is 0 Å². The van der Waals surface area contributed by atoms with Gasteiger partial charge in [-0.05, 0) is 59.3 Å². The zero-order valence-electron chi connectivity index (χ0n) is 10.4. The van der Waals surface area contributed by atoms with E-state index in [1.54, 1.807) is 0 Å². The van der Waals surface area contributed by atoms with Crippen LogP contribution in [0, 0.1) is 3.57 Å². The second kappa shape index (κ2) is 6.68. The fourth-order valence-electron chi connectivity index (χ4n) is 1.87. The highest BCUT2D eigenvalue weighted by atomic mass is 127. The first kappa shape index (κ1) is 14.0. The van der Waals surface area contributed by atoms with Gasteiger partial charge in [-0.15, -0.1) is 0 Å². The van der Waals surface area contributed by atoms with Gasteiger partial charge in [0.15, 0.2) is 0 Å². The van der Waals surface area contributed by atoms with Crippen molar-refractivity contribution < 1.29 is 4.79 Å². The van der Waals surface area contributed by atoms with Crippen LogP contribution < -0.4 is 11.1 Å². The molecule has 3 nitrogen and oxygen atoms in total. The summed E-state index contributed by atoms with van der Waals surface area (Å²) in [5, 5.41) is 2.94. The lowest BCUT2D eigenvalue weighted by Crippen LogP contribution is -2.16. The molecule has 19 heavy (non-hydrogen) atoms. The molecule has 0 aromatic heterocycles. The monoisotopic (exact) mass is 366 g/mol. The molecule has 0 unspecified atom stereocenters.